The molecule has 2 aromatic heterocycles. The first kappa shape index (κ1) is 15.2. The molecular formula is C19H14F2N4O. The van der Waals surface area contributed by atoms with Crippen molar-refractivity contribution < 1.29 is 13.6 Å². The van der Waals surface area contributed by atoms with Crippen molar-refractivity contribution in [2.24, 2.45) is 5.92 Å². The maximum Gasteiger partial charge on any atom is 0.276 e. The number of hydrogen-bond acceptors (Lipinski definition) is 3. The van der Waals surface area contributed by atoms with E-state index in [1.807, 2.05) is 0 Å². The minimum Gasteiger partial charge on any atom is -0.320 e. The Balaban J connectivity index is 1.58. The third-order valence-corrected chi connectivity index (χ3v) is 5.05. The Morgan fingerprint density at radius 2 is 2.00 bits per heavy atom. The van der Waals surface area contributed by atoms with Gasteiger partial charge in [-0.1, -0.05) is 0 Å². The average molecular weight is 352 g/mol. The molecule has 0 saturated heterocycles. The molecule has 1 fully saturated rings. The summed E-state index contributed by atoms with van der Waals surface area (Å²) in [4.78, 5) is 16.6. The molecule has 26 heavy (non-hydrogen) atoms. The molecule has 1 N–H and O–H groups in total. The summed E-state index contributed by atoms with van der Waals surface area (Å²) in [5.41, 5.74) is 2.82. The highest BCUT2D eigenvalue weighted by molar-refractivity contribution is 6.04. The van der Waals surface area contributed by atoms with Crippen LogP contribution in [0.5, 0.6) is 0 Å². The van der Waals surface area contributed by atoms with Crippen LogP contribution in [0.15, 0.2) is 42.7 Å². The van der Waals surface area contributed by atoms with Crippen LogP contribution in [0.4, 0.5) is 14.5 Å². The zero-order valence-electron chi connectivity index (χ0n) is 13.6. The number of rotatable bonds is 3. The highest BCUT2D eigenvalue weighted by Gasteiger charge is 2.50. The van der Waals surface area contributed by atoms with Crippen LogP contribution in [-0.4, -0.2) is 20.7 Å². The van der Waals surface area contributed by atoms with Gasteiger partial charge in [0, 0.05) is 35.6 Å². The number of nitrogens with zero attached hydrogens (tertiary/aromatic N) is 3. The maximum atomic E-state index is 14.3. The fourth-order valence-corrected chi connectivity index (χ4v) is 3.76. The molecule has 1 saturated carbocycles. The molecule has 2 aliphatic carbocycles. The number of anilines is 1. The molecule has 1 aromatic carbocycles. The standard InChI is InChI=1S/C19H14F2N4O/c20-11-1-2-16(15(21)9-11)25-18-13-7-10(13)8-14(18)17(24-25)19(26)23-12-3-5-22-6-4-12/h1-6,9-10,13H,7-8H2,(H,22,23,26)/t10-,13-/m1/s1. The van der Waals surface area contributed by atoms with E-state index in [4.69, 9.17) is 0 Å². The van der Waals surface area contributed by atoms with Gasteiger partial charge >= 0.3 is 0 Å². The summed E-state index contributed by atoms with van der Waals surface area (Å²) in [6.45, 7) is 0. The number of benzene rings is 1. The first-order valence-corrected chi connectivity index (χ1v) is 8.40. The first-order valence-electron chi connectivity index (χ1n) is 8.40. The van der Waals surface area contributed by atoms with E-state index in [1.54, 1.807) is 24.5 Å². The quantitative estimate of drug-likeness (QED) is 0.785. The van der Waals surface area contributed by atoms with Crippen molar-refractivity contribution in [2.75, 3.05) is 5.32 Å². The van der Waals surface area contributed by atoms with Gasteiger partial charge in [-0.25, -0.2) is 13.5 Å². The summed E-state index contributed by atoms with van der Waals surface area (Å²) < 4.78 is 29.0. The SMILES string of the molecule is O=C(Nc1ccncc1)c1nn(-c2ccc(F)cc2F)c2c1C[C@H]1C[C@@H]21. The summed E-state index contributed by atoms with van der Waals surface area (Å²) in [5, 5.41) is 7.19. The fourth-order valence-electron chi connectivity index (χ4n) is 3.76. The van der Waals surface area contributed by atoms with E-state index in [1.165, 1.54) is 16.8 Å². The largest absolute Gasteiger partial charge is 0.320 e. The monoisotopic (exact) mass is 352 g/mol. The van der Waals surface area contributed by atoms with Gasteiger partial charge in [0.15, 0.2) is 11.5 Å². The van der Waals surface area contributed by atoms with E-state index in [2.05, 4.69) is 15.4 Å². The summed E-state index contributed by atoms with van der Waals surface area (Å²) in [5.74, 6) is -0.889. The zero-order chi connectivity index (χ0) is 17.8. The molecule has 1 amide bonds. The molecule has 130 valence electrons. The van der Waals surface area contributed by atoms with Crippen molar-refractivity contribution in [2.45, 2.75) is 18.8 Å². The molecule has 0 unspecified atom stereocenters. The van der Waals surface area contributed by atoms with Crippen LogP contribution < -0.4 is 5.32 Å². The molecular weight excluding hydrogens is 338 g/mol. The van der Waals surface area contributed by atoms with Crippen LogP contribution in [0, 0.1) is 17.6 Å². The van der Waals surface area contributed by atoms with Gasteiger partial charge < -0.3 is 5.32 Å². The minimum atomic E-state index is -0.694. The summed E-state index contributed by atoms with van der Waals surface area (Å²) in [7, 11) is 0. The number of carbonyl (C=O) groups excluding carboxylic acids is 1. The van der Waals surface area contributed by atoms with Gasteiger partial charge in [-0.05, 0) is 43.0 Å². The van der Waals surface area contributed by atoms with E-state index in [9.17, 15) is 13.6 Å². The van der Waals surface area contributed by atoms with Gasteiger partial charge in [0.1, 0.15) is 11.5 Å². The van der Waals surface area contributed by atoms with Crippen molar-refractivity contribution in [1.29, 1.82) is 0 Å². The number of pyridine rings is 1. The Morgan fingerprint density at radius 1 is 1.19 bits per heavy atom. The van der Waals surface area contributed by atoms with Crippen LogP contribution in [0.2, 0.25) is 0 Å². The van der Waals surface area contributed by atoms with Gasteiger partial charge in [0.2, 0.25) is 0 Å². The third-order valence-electron chi connectivity index (χ3n) is 5.05. The van der Waals surface area contributed by atoms with Gasteiger partial charge in [-0.2, -0.15) is 5.10 Å². The minimum absolute atomic E-state index is 0.165. The van der Waals surface area contributed by atoms with Gasteiger partial charge in [-0.15, -0.1) is 0 Å². The fraction of sp³-hybridized carbons (Fsp3) is 0.211. The second-order valence-corrected chi connectivity index (χ2v) is 6.72. The van der Waals surface area contributed by atoms with Crippen molar-refractivity contribution in [3.63, 3.8) is 0 Å². The molecule has 2 atom stereocenters. The Labute approximate surface area is 147 Å². The Kier molecular flexibility index (Phi) is 3.19. The van der Waals surface area contributed by atoms with E-state index in [-0.39, 0.29) is 11.6 Å². The normalized spacial score (nSPS) is 19.8. The Bertz CT molecular complexity index is 1030. The molecule has 5 nitrogen and oxygen atoms in total. The highest BCUT2D eigenvalue weighted by Crippen LogP contribution is 2.57. The third kappa shape index (κ3) is 2.31. The average Bonchev–Trinajstić information content (AvgIpc) is 3.12. The number of fused-ring (bicyclic) bond motifs is 3. The predicted molar refractivity (Wildman–Crippen MR) is 90.2 cm³/mol. The number of hydrogen-bond donors (Lipinski definition) is 1. The van der Waals surface area contributed by atoms with Crippen molar-refractivity contribution >= 4 is 11.6 Å². The maximum absolute atomic E-state index is 14.3. The lowest BCUT2D eigenvalue weighted by Crippen LogP contribution is -2.15. The molecule has 0 radical (unpaired) electrons. The zero-order valence-corrected chi connectivity index (χ0v) is 13.6. The molecule has 0 aliphatic heterocycles. The lowest BCUT2D eigenvalue weighted by Gasteiger charge is -2.07. The summed E-state index contributed by atoms with van der Waals surface area (Å²) >= 11 is 0. The van der Waals surface area contributed by atoms with Crippen molar-refractivity contribution in [3.8, 4) is 5.69 Å². The van der Waals surface area contributed by atoms with Crippen LogP contribution in [0.3, 0.4) is 0 Å². The number of halogens is 2. The van der Waals surface area contributed by atoms with E-state index < -0.39 is 11.6 Å². The van der Waals surface area contributed by atoms with Crippen molar-refractivity contribution in [3.05, 3.63) is 71.3 Å². The summed E-state index contributed by atoms with van der Waals surface area (Å²) in [6.07, 6.45) is 4.96. The first-order chi connectivity index (χ1) is 12.6. The van der Waals surface area contributed by atoms with Gasteiger partial charge in [0.25, 0.3) is 5.91 Å². The molecule has 0 spiro atoms. The molecule has 0 bridgehead atoms. The van der Waals surface area contributed by atoms with Crippen LogP contribution in [0.25, 0.3) is 5.69 Å². The molecule has 2 heterocycles. The van der Waals surface area contributed by atoms with Crippen molar-refractivity contribution in [1.82, 2.24) is 14.8 Å². The number of carbonyl (C=O) groups is 1. The second kappa shape index (κ2) is 5.45. The van der Waals surface area contributed by atoms with E-state index >= 15 is 0 Å². The smallest absolute Gasteiger partial charge is 0.276 e. The Morgan fingerprint density at radius 3 is 2.77 bits per heavy atom. The van der Waals surface area contributed by atoms with Gasteiger partial charge in [-0.3, -0.25) is 9.78 Å². The van der Waals surface area contributed by atoms with Gasteiger partial charge in [0.05, 0.1) is 5.69 Å². The van der Waals surface area contributed by atoms with E-state index in [0.717, 1.165) is 30.2 Å². The van der Waals surface area contributed by atoms with Crippen LogP contribution >= 0.6 is 0 Å². The molecule has 5 rings (SSSR count). The topological polar surface area (TPSA) is 59.8 Å². The molecule has 3 aromatic rings. The Hall–Kier alpha value is -3.09. The lowest BCUT2D eigenvalue weighted by atomic mass is 10.1. The van der Waals surface area contributed by atoms with Crippen LogP contribution in [0.1, 0.15) is 34.1 Å². The number of aromatic nitrogens is 3. The predicted octanol–water partition coefficient (Wildman–Crippen LogP) is 3.46. The lowest BCUT2D eigenvalue weighted by molar-refractivity contribution is 0.102. The summed E-state index contributed by atoms with van der Waals surface area (Å²) in [6, 6.07) is 6.76. The number of amides is 1. The highest BCUT2D eigenvalue weighted by atomic mass is 19.1. The second-order valence-electron chi connectivity index (χ2n) is 6.72. The van der Waals surface area contributed by atoms with E-state index in [0.29, 0.717) is 23.2 Å². The van der Waals surface area contributed by atoms with Crippen LogP contribution in [-0.2, 0) is 6.42 Å². The molecule has 7 heteroatoms. The molecule has 2 aliphatic rings. The number of nitrogens with one attached hydrogen (secondary N) is 1.